The second-order valence-corrected chi connectivity index (χ2v) is 7.77. The second kappa shape index (κ2) is 8.14. The lowest BCUT2D eigenvalue weighted by atomic mass is 10.1. The van der Waals surface area contributed by atoms with Crippen molar-refractivity contribution in [1.82, 2.24) is 9.47 Å². The van der Waals surface area contributed by atoms with Gasteiger partial charge in [-0.25, -0.2) is 0 Å². The number of halogens is 1. The number of nitrogens with zero attached hydrogens (tertiary/aromatic N) is 3. The minimum absolute atomic E-state index is 0.174. The molecule has 0 unspecified atom stereocenters. The van der Waals surface area contributed by atoms with Gasteiger partial charge in [-0.05, 0) is 43.5 Å². The number of nitriles is 1. The van der Waals surface area contributed by atoms with Crippen molar-refractivity contribution in [3.63, 3.8) is 0 Å². The number of likely N-dealkylation sites (tertiary alicyclic amines) is 1. The number of aromatic nitrogens is 1. The van der Waals surface area contributed by atoms with Crippen LogP contribution in [0.15, 0.2) is 54.1 Å². The molecule has 0 atom stereocenters. The van der Waals surface area contributed by atoms with E-state index < -0.39 is 0 Å². The SMILES string of the molecule is Cc1c(/C=C(\C#N)C(=O)N2CCCC2)c2ccccc2n1Cc1ccccc1Cl. The molecule has 0 spiro atoms. The summed E-state index contributed by atoms with van der Waals surface area (Å²) in [5.74, 6) is -0.174. The van der Waals surface area contributed by atoms with E-state index in [4.69, 9.17) is 11.6 Å². The Balaban J connectivity index is 1.81. The summed E-state index contributed by atoms with van der Waals surface area (Å²) >= 11 is 6.39. The first-order valence-electron chi connectivity index (χ1n) is 9.82. The first-order chi connectivity index (χ1) is 14.1. The molecular weight excluding hydrogens is 382 g/mol. The van der Waals surface area contributed by atoms with Crippen molar-refractivity contribution < 1.29 is 4.79 Å². The van der Waals surface area contributed by atoms with Gasteiger partial charge >= 0.3 is 0 Å². The van der Waals surface area contributed by atoms with E-state index in [-0.39, 0.29) is 11.5 Å². The molecule has 5 heteroatoms. The van der Waals surface area contributed by atoms with Gasteiger partial charge in [-0.1, -0.05) is 48.0 Å². The molecule has 0 bridgehead atoms. The molecule has 2 aromatic carbocycles. The zero-order valence-corrected chi connectivity index (χ0v) is 17.1. The fourth-order valence-electron chi connectivity index (χ4n) is 4.02. The van der Waals surface area contributed by atoms with E-state index in [0.29, 0.717) is 6.54 Å². The Morgan fingerprint density at radius 2 is 1.83 bits per heavy atom. The highest BCUT2D eigenvalue weighted by Crippen LogP contribution is 2.30. The third-order valence-corrected chi connectivity index (χ3v) is 5.97. The fourth-order valence-corrected chi connectivity index (χ4v) is 4.21. The summed E-state index contributed by atoms with van der Waals surface area (Å²) in [5.41, 5.74) is 4.20. The van der Waals surface area contributed by atoms with Crippen molar-refractivity contribution in [2.45, 2.75) is 26.3 Å². The summed E-state index contributed by atoms with van der Waals surface area (Å²) in [6.45, 7) is 4.11. The van der Waals surface area contributed by atoms with Crippen LogP contribution in [0.4, 0.5) is 0 Å². The molecule has 1 fully saturated rings. The van der Waals surface area contributed by atoms with Crippen molar-refractivity contribution in [3.8, 4) is 6.07 Å². The van der Waals surface area contributed by atoms with Crippen LogP contribution in [-0.4, -0.2) is 28.5 Å². The third kappa shape index (κ3) is 3.66. The summed E-state index contributed by atoms with van der Waals surface area (Å²) in [6.07, 6.45) is 3.75. The van der Waals surface area contributed by atoms with Crippen molar-refractivity contribution in [2.24, 2.45) is 0 Å². The van der Waals surface area contributed by atoms with E-state index in [0.717, 1.165) is 58.7 Å². The second-order valence-electron chi connectivity index (χ2n) is 7.36. The molecule has 1 aromatic heterocycles. The normalized spacial score (nSPS) is 14.4. The summed E-state index contributed by atoms with van der Waals surface area (Å²) in [5, 5.41) is 11.4. The molecule has 29 heavy (non-hydrogen) atoms. The Bertz CT molecular complexity index is 1150. The van der Waals surface area contributed by atoms with Gasteiger partial charge in [0.15, 0.2) is 0 Å². The predicted molar refractivity (Wildman–Crippen MR) is 117 cm³/mol. The van der Waals surface area contributed by atoms with Gasteiger partial charge in [0, 0.05) is 46.8 Å². The highest BCUT2D eigenvalue weighted by atomic mass is 35.5. The van der Waals surface area contributed by atoms with Crippen LogP contribution < -0.4 is 0 Å². The Morgan fingerprint density at radius 1 is 1.14 bits per heavy atom. The third-order valence-electron chi connectivity index (χ3n) is 5.60. The minimum Gasteiger partial charge on any atom is -0.340 e. The van der Waals surface area contributed by atoms with Crippen molar-refractivity contribution in [2.75, 3.05) is 13.1 Å². The first-order valence-corrected chi connectivity index (χ1v) is 10.2. The molecular formula is C24H22ClN3O. The standard InChI is InChI=1S/C24H22ClN3O/c1-17-21(14-19(15-26)24(29)27-12-6-7-13-27)20-9-3-5-11-23(20)28(17)16-18-8-2-4-10-22(18)25/h2-5,8-11,14H,6-7,12-13,16H2,1H3/b19-14+. The molecule has 1 aliphatic rings. The van der Waals surface area contributed by atoms with Crippen molar-refractivity contribution in [1.29, 1.82) is 5.26 Å². The van der Waals surface area contributed by atoms with E-state index in [1.165, 1.54) is 0 Å². The minimum atomic E-state index is -0.174. The summed E-state index contributed by atoms with van der Waals surface area (Å²) in [7, 11) is 0. The number of amides is 1. The highest BCUT2D eigenvalue weighted by Gasteiger charge is 2.23. The molecule has 1 amide bonds. The van der Waals surface area contributed by atoms with Crippen LogP contribution in [0.1, 0.15) is 29.7 Å². The van der Waals surface area contributed by atoms with Gasteiger partial charge in [0.1, 0.15) is 11.6 Å². The molecule has 4 nitrogen and oxygen atoms in total. The maximum Gasteiger partial charge on any atom is 0.264 e. The van der Waals surface area contributed by atoms with Crippen molar-refractivity contribution >= 4 is 34.5 Å². The zero-order chi connectivity index (χ0) is 20.4. The Labute approximate surface area is 175 Å². The Kier molecular flexibility index (Phi) is 5.42. The summed E-state index contributed by atoms with van der Waals surface area (Å²) < 4.78 is 2.19. The zero-order valence-electron chi connectivity index (χ0n) is 16.4. The van der Waals surface area contributed by atoms with Crippen LogP contribution in [0.3, 0.4) is 0 Å². The Hall–Kier alpha value is -3.03. The lowest BCUT2D eigenvalue weighted by Crippen LogP contribution is -2.28. The van der Waals surface area contributed by atoms with Gasteiger partial charge in [0.25, 0.3) is 5.91 Å². The maximum atomic E-state index is 12.8. The van der Waals surface area contributed by atoms with Gasteiger partial charge in [-0.3, -0.25) is 4.79 Å². The molecule has 3 aromatic rings. The van der Waals surface area contributed by atoms with Crippen LogP contribution in [0.25, 0.3) is 17.0 Å². The summed E-state index contributed by atoms with van der Waals surface area (Å²) in [4.78, 5) is 14.6. The van der Waals surface area contributed by atoms with Crippen molar-refractivity contribution in [3.05, 3.63) is 75.9 Å². The number of hydrogen-bond acceptors (Lipinski definition) is 2. The van der Waals surface area contributed by atoms with Gasteiger partial charge in [0.2, 0.25) is 0 Å². The van der Waals surface area contributed by atoms with Crippen LogP contribution in [0, 0.1) is 18.3 Å². The maximum absolute atomic E-state index is 12.8. The lowest BCUT2D eigenvalue weighted by Gasteiger charge is -2.14. The average molecular weight is 404 g/mol. The number of carbonyl (C=O) groups excluding carboxylic acids is 1. The van der Waals surface area contributed by atoms with Crippen LogP contribution in [0.2, 0.25) is 5.02 Å². The monoisotopic (exact) mass is 403 g/mol. The van der Waals surface area contributed by atoms with E-state index in [9.17, 15) is 10.1 Å². The molecule has 4 rings (SSSR count). The van der Waals surface area contributed by atoms with E-state index in [2.05, 4.69) is 16.7 Å². The molecule has 2 heterocycles. The quantitative estimate of drug-likeness (QED) is 0.445. The number of para-hydroxylation sites is 1. The number of benzene rings is 2. The lowest BCUT2D eigenvalue weighted by molar-refractivity contribution is -0.125. The van der Waals surface area contributed by atoms with Gasteiger partial charge in [-0.2, -0.15) is 5.26 Å². The molecule has 1 aliphatic heterocycles. The van der Waals surface area contributed by atoms with E-state index >= 15 is 0 Å². The molecule has 0 aliphatic carbocycles. The molecule has 1 saturated heterocycles. The van der Waals surface area contributed by atoms with Gasteiger partial charge in [-0.15, -0.1) is 0 Å². The van der Waals surface area contributed by atoms with E-state index in [1.54, 1.807) is 11.0 Å². The van der Waals surface area contributed by atoms with Gasteiger partial charge in [0.05, 0.1) is 0 Å². The van der Waals surface area contributed by atoms with Crippen LogP contribution in [-0.2, 0) is 11.3 Å². The molecule has 0 saturated carbocycles. The number of carbonyl (C=O) groups is 1. The number of rotatable bonds is 4. The average Bonchev–Trinajstić information content (AvgIpc) is 3.36. The van der Waals surface area contributed by atoms with Crippen LogP contribution >= 0.6 is 11.6 Å². The number of hydrogen-bond donors (Lipinski definition) is 0. The largest absolute Gasteiger partial charge is 0.340 e. The van der Waals surface area contributed by atoms with Crippen LogP contribution in [0.5, 0.6) is 0 Å². The smallest absolute Gasteiger partial charge is 0.264 e. The molecule has 146 valence electrons. The fraction of sp³-hybridized carbons (Fsp3) is 0.250. The summed E-state index contributed by atoms with van der Waals surface area (Å²) in [6, 6.07) is 18.0. The predicted octanol–water partition coefficient (Wildman–Crippen LogP) is 5.18. The van der Waals surface area contributed by atoms with E-state index in [1.807, 2.05) is 49.4 Å². The topological polar surface area (TPSA) is 49.0 Å². The Morgan fingerprint density at radius 3 is 2.55 bits per heavy atom. The van der Waals surface area contributed by atoms with Gasteiger partial charge < -0.3 is 9.47 Å². The molecule has 0 radical (unpaired) electrons. The highest BCUT2D eigenvalue weighted by molar-refractivity contribution is 6.31. The number of fused-ring (bicyclic) bond motifs is 1. The first kappa shape index (κ1) is 19.3. The molecule has 0 N–H and O–H groups in total.